The van der Waals surface area contributed by atoms with E-state index in [2.05, 4.69) is 4.98 Å². The molecule has 0 atom stereocenters. The highest BCUT2D eigenvalue weighted by molar-refractivity contribution is 5.66. The third kappa shape index (κ3) is 3.45. The first-order chi connectivity index (χ1) is 8.99. The van der Waals surface area contributed by atoms with E-state index in [0.29, 0.717) is 17.1 Å². The summed E-state index contributed by atoms with van der Waals surface area (Å²) in [7, 11) is 0. The van der Waals surface area contributed by atoms with Crippen LogP contribution in [-0.2, 0) is 12.7 Å². The second-order valence-corrected chi connectivity index (χ2v) is 3.83. The molecule has 1 aromatic carbocycles. The number of alkyl halides is 3. The number of nitrogens with two attached hydrogens (primary N) is 1. The molecule has 0 saturated carbocycles. The molecule has 1 heterocycles. The lowest BCUT2D eigenvalue weighted by Gasteiger charge is -2.05. The number of benzene rings is 1. The number of halogens is 3. The van der Waals surface area contributed by atoms with Crippen LogP contribution in [0, 0.1) is 0 Å². The normalized spacial score (nSPS) is 12.2. The molecule has 0 spiro atoms. The summed E-state index contributed by atoms with van der Waals surface area (Å²) in [5.41, 5.74) is 5.94. The zero-order valence-electron chi connectivity index (χ0n) is 9.82. The molecule has 1 aromatic heterocycles. The maximum Gasteiger partial charge on any atom is 0.416 e. The zero-order valence-corrected chi connectivity index (χ0v) is 9.82. The summed E-state index contributed by atoms with van der Waals surface area (Å²) in [5, 5.41) is 0. The van der Waals surface area contributed by atoms with E-state index in [0.717, 1.165) is 12.1 Å². The summed E-state index contributed by atoms with van der Waals surface area (Å²) in [6.07, 6.45) is 0.307. The van der Waals surface area contributed by atoms with E-state index in [-0.39, 0.29) is 6.54 Å². The highest BCUT2D eigenvalue weighted by atomic mass is 19.4. The van der Waals surface area contributed by atoms with Crippen LogP contribution in [0.25, 0.3) is 12.2 Å². The molecule has 100 valence electrons. The molecular weight excluding hydrogens is 257 g/mol. The molecule has 0 fully saturated rings. The molecule has 0 aliphatic rings. The molecule has 0 aliphatic carbocycles. The fraction of sp³-hybridized carbons (Fsp3) is 0.154. The fourth-order valence-electron chi connectivity index (χ4n) is 1.44. The Morgan fingerprint density at radius 2 is 1.84 bits per heavy atom. The molecule has 2 rings (SSSR count). The maximum absolute atomic E-state index is 12.4. The number of aromatic nitrogens is 1. The molecule has 0 bridgehead atoms. The van der Waals surface area contributed by atoms with E-state index in [4.69, 9.17) is 10.2 Å². The minimum absolute atomic E-state index is 0.275. The van der Waals surface area contributed by atoms with Crippen LogP contribution in [0.5, 0.6) is 0 Å². The number of nitrogens with zero attached hydrogens (tertiary/aromatic N) is 1. The van der Waals surface area contributed by atoms with Gasteiger partial charge >= 0.3 is 6.18 Å². The van der Waals surface area contributed by atoms with Crippen molar-refractivity contribution >= 4 is 12.2 Å². The van der Waals surface area contributed by atoms with E-state index in [1.165, 1.54) is 18.4 Å². The van der Waals surface area contributed by atoms with Crippen molar-refractivity contribution < 1.29 is 17.6 Å². The van der Waals surface area contributed by atoms with Gasteiger partial charge in [-0.25, -0.2) is 4.98 Å². The summed E-state index contributed by atoms with van der Waals surface area (Å²) in [5.74, 6) is 0.361. The van der Waals surface area contributed by atoms with E-state index in [1.807, 2.05) is 0 Å². The van der Waals surface area contributed by atoms with Gasteiger partial charge in [0.05, 0.1) is 11.3 Å². The number of oxazole rings is 1. The van der Waals surface area contributed by atoms with Gasteiger partial charge in [0.1, 0.15) is 6.26 Å². The van der Waals surface area contributed by atoms with E-state index < -0.39 is 11.7 Å². The highest BCUT2D eigenvalue weighted by Crippen LogP contribution is 2.29. The van der Waals surface area contributed by atoms with Gasteiger partial charge in [0.25, 0.3) is 0 Å². The lowest BCUT2D eigenvalue weighted by Crippen LogP contribution is -2.03. The molecule has 0 unspecified atom stereocenters. The monoisotopic (exact) mass is 268 g/mol. The van der Waals surface area contributed by atoms with Gasteiger partial charge in [-0.3, -0.25) is 0 Å². The Hall–Kier alpha value is -2.08. The Labute approximate surface area is 107 Å². The van der Waals surface area contributed by atoms with E-state index >= 15 is 0 Å². The molecule has 2 aromatic rings. The molecule has 0 saturated heterocycles. The van der Waals surface area contributed by atoms with Crippen LogP contribution in [-0.4, -0.2) is 4.98 Å². The van der Waals surface area contributed by atoms with Crippen molar-refractivity contribution in [3.05, 3.63) is 53.2 Å². The molecule has 0 aliphatic heterocycles. The summed E-state index contributed by atoms with van der Waals surface area (Å²) < 4.78 is 42.2. The standard InChI is InChI=1S/C13H11F3N2O/c14-13(15,16)10-4-1-9(2-5-10)3-6-12-18-11(7-17)8-19-12/h1-6,8H,7,17H2/b6-3+. The molecule has 0 radical (unpaired) electrons. The van der Waals surface area contributed by atoms with E-state index in [9.17, 15) is 13.2 Å². The Morgan fingerprint density at radius 3 is 2.37 bits per heavy atom. The van der Waals surface area contributed by atoms with Crippen LogP contribution in [0.4, 0.5) is 13.2 Å². The van der Waals surface area contributed by atoms with Gasteiger partial charge in [-0.05, 0) is 23.8 Å². The van der Waals surface area contributed by atoms with Gasteiger partial charge in [0.2, 0.25) is 5.89 Å². The summed E-state index contributed by atoms with van der Waals surface area (Å²) in [6.45, 7) is 0.275. The Bertz CT molecular complexity index is 570. The first-order valence-electron chi connectivity index (χ1n) is 5.49. The summed E-state index contributed by atoms with van der Waals surface area (Å²) in [4.78, 5) is 4.04. The highest BCUT2D eigenvalue weighted by Gasteiger charge is 2.29. The third-order valence-corrected chi connectivity index (χ3v) is 2.44. The van der Waals surface area contributed by atoms with Gasteiger partial charge in [-0.1, -0.05) is 12.1 Å². The first-order valence-corrected chi connectivity index (χ1v) is 5.49. The SMILES string of the molecule is NCc1coc(/C=C/c2ccc(C(F)(F)F)cc2)n1. The average molecular weight is 268 g/mol. The molecular formula is C13H11F3N2O. The number of hydrogen-bond acceptors (Lipinski definition) is 3. The van der Waals surface area contributed by atoms with Gasteiger partial charge in [-0.15, -0.1) is 0 Å². The fourth-order valence-corrected chi connectivity index (χ4v) is 1.44. The second kappa shape index (κ2) is 5.27. The Kier molecular flexibility index (Phi) is 3.71. The predicted molar refractivity (Wildman–Crippen MR) is 64.8 cm³/mol. The van der Waals surface area contributed by atoms with Crippen molar-refractivity contribution in [3.8, 4) is 0 Å². The lowest BCUT2D eigenvalue weighted by atomic mass is 10.1. The maximum atomic E-state index is 12.4. The van der Waals surface area contributed by atoms with Gasteiger partial charge in [0.15, 0.2) is 0 Å². The summed E-state index contributed by atoms with van der Waals surface area (Å²) in [6, 6.07) is 4.82. The molecule has 3 nitrogen and oxygen atoms in total. The number of rotatable bonds is 3. The molecule has 0 amide bonds. The largest absolute Gasteiger partial charge is 0.445 e. The average Bonchev–Trinajstić information content (AvgIpc) is 2.84. The molecule has 2 N–H and O–H groups in total. The number of hydrogen-bond donors (Lipinski definition) is 1. The van der Waals surface area contributed by atoms with Crippen molar-refractivity contribution in [2.24, 2.45) is 5.73 Å². The Morgan fingerprint density at radius 1 is 1.16 bits per heavy atom. The third-order valence-electron chi connectivity index (χ3n) is 2.44. The molecule has 19 heavy (non-hydrogen) atoms. The van der Waals surface area contributed by atoms with Crippen LogP contribution in [0.3, 0.4) is 0 Å². The van der Waals surface area contributed by atoms with Crippen molar-refractivity contribution in [1.29, 1.82) is 0 Å². The molecule has 6 heteroatoms. The smallest absolute Gasteiger partial charge is 0.416 e. The van der Waals surface area contributed by atoms with Gasteiger partial charge < -0.3 is 10.2 Å². The minimum atomic E-state index is -4.32. The quantitative estimate of drug-likeness (QED) is 0.929. The predicted octanol–water partition coefficient (Wildman–Crippen LogP) is 3.32. The topological polar surface area (TPSA) is 52.0 Å². The van der Waals surface area contributed by atoms with Crippen molar-refractivity contribution in [2.75, 3.05) is 0 Å². The summed E-state index contributed by atoms with van der Waals surface area (Å²) >= 11 is 0. The lowest BCUT2D eigenvalue weighted by molar-refractivity contribution is -0.137. The van der Waals surface area contributed by atoms with Crippen LogP contribution in [0.15, 0.2) is 34.9 Å². The minimum Gasteiger partial charge on any atom is -0.445 e. The van der Waals surface area contributed by atoms with Gasteiger partial charge in [-0.2, -0.15) is 13.2 Å². The van der Waals surface area contributed by atoms with Crippen molar-refractivity contribution in [3.63, 3.8) is 0 Å². The van der Waals surface area contributed by atoms with E-state index in [1.54, 1.807) is 12.2 Å². The van der Waals surface area contributed by atoms with Crippen LogP contribution >= 0.6 is 0 Å². The first kappa shape index (κ1) is 13.4. The van der Waals surface area contributed by atoms with Crippen LogP contribution in [0.2, 0.25) is 0 Å². The zero-order chi connectivity index (χ0) is 13.9. The van der Waals surface area contributed by atoms with Crippen molar-refractivity contribution in [1.82, 2.24) is 4.98 Å². The van der Waals surface area contributed by atoms with Crippen LogP contribution in [0.1, 0.15) is 22.7 Å². The van der Waals surface area contributed by atoms with Crippen molar-refractivity contribution in [2.45, 2.75) is 12.7 Å². The Balaban J connectivity index is 2.11. The van der Waals surface area contributed by atoms with Gasteiger partial charge in [0, 0.05) is 12.6 Å². The second-order valence-electron chi connectivity index (χ2n) is 3.83. The van der Waals surface area contributed by atoms with Crippen LogP contribution < -0.4 is 5.73 Å².